The molecular weight excluding hydrogens is 464 g/mol. The number of esters is 1. The Bertz CT molecular complexity index is 936. The van der Waals surface area contributed by atoms with Crippen LogP contribution in [0.15, 0.2) is 48.5 Å². The fourth-order valence-electron chi connectivity index (χ4n) is 2.62. The molecule has 0 aromatic heterocycles. The Balaban J connectivity index is 1.94. The van der Waals surface area contributed by atoms with Crippen LogP contribution in [0.5, 0.6) is 17.2 Å². The van der Waals surface area contributed by atoms with Crippen molar-refractivity contribution in [3.8, 4) is 17.2 Å². The van der Waals surface area contributed by atoms with Crippen LogP contribution in [-0.4, -0.2) is 31.1 Å². The molecule has 0 heterocycles. The Kier molecular flexibility index (Phi) is 9.34. The zero-order chi connectivity index (χ0) is 24.6. The summed E-state index contributed by atoms with van der Waals surface area (Å²) in [6.45, 7) is 6.45. The maximum atomic E-state index is 12.7. The van der Waals surface area contributed by atoms with Gasteiger partial charge in [-0.2, -0.15) is 13.2 Å². The molecule has 0 saturated heterocycles. The Morgan fingerprint density at radius 2 is 1.33 bits per heavy atom. The Morgan fingerprint density at radius 3 is 1.79 bits per heavy atom. The minimum Gasteiger partial charge on any atom is -0.479 e. The molecule has 0 N–H and O–H groups in total. The summed E-state index contributed by atoms with van der Waals surface area (Å²) < 4.78 is 77.1. The van der Waals surface area contributed by atoms with Crippen LogP contribution in [0.2, 0.25) is 0 Å². The maximum absolute atomic E-state index is 12.7. The van der Waals surface area contributed by atoms with Crippen molar-refractivity contribution in [2.24, 2.45) is 0 Å². The van der Waals surface area contributed by atoms with Gasteiger partial charge in [-0.15, -0.1) is 0 Å². The molecule has 2 aromatic rings. The van der Waals surface area contributed by atoms with Gasteiger partial charge in [-0.25, -0.2) is 4.79 Å². The van der Waals surface area contributed by atoms with Crippen LogP contribution in [0.25, 0.3) is 0 Å². The van der Waals surface area contributed by atoms with Gasteiger partial charge in [-0.3, -0.25) is 4.57 Å². The number of carbonyl (C=O) groups is 1. The lowest BCUT2D eigenvalue weighted by molar-refractivity contribution is -0.153. The van der Waals surface area contributed by atoms with Gasteiger partial charge in [0.15, 0.2) is 11.9 Å². The largest absolute Gasteiger partial charge is 0.479 e. The van der Waals surface area contributed by atoms with Crippen molar-refractivity contribution in [2.75, 3.05) is 13.2 Å². The number of alkyl halides is 3. The molecule has 0 amide bonds. The fourth-order valence-corrected chi connectivity index (χ4v) is 4.07. The predicted molar refractivity (Wildman–Crippen MR) is 114 cm³/mol. The molecule has 0 radical (unpaired) electrons. The van der Waals surface area contributed by atoms with Crippen LogP contribution >= 0.6 is 7.60 Å². The smallest absolute Gasteiger partial charge is 0.416 e. The highest BCUT2D eigenvalue weighted by Crippen LogP contribution is 2.53. The molecule has 0 aliphatic heterocycles. The van der Waals surface area contributed by atoms with Crippen LogP contribution in [-0.2, 0) is 29.3 Å². The molecule has 11 heteroatoms. The van der Waals surface area contributed by atoms with Crippen molar-refractivity contribution in [2.45, 2.75) is 45.8 Å². The lowest BCUT2D eigenvalue weighted by atomic mass is 10.2. The second-order valence-electron chi connectivity index (χ2n) is 6.77. The molecule has 2 aromatic carbocycles. The van der Waals surface area contributed by atoms with Crippen molar-refractivity contribution < 1.29 is 45.8 Å². The molecule has 7 nitrogen and oxygen atoms in total. The number of benzene rings is 2. The van der Waals surface area contributed by atoms with Gasteiger partial charge in [0.1, 0.15) is 17.2 Å². The summed E-state index contributed by atoms with van der Waals surface area (Å²) in [6, 6.07) is 10.4. The van der Waals surface area contributed by atoms with Crippen molar-refractivity contribution in [3.05, 3.63) is 54.1 Å². The van der Waals surface area contributed by atoms with Crippen molar-refractivity contribution in [3.63, 3.8) is 0 Å². The lowest BCUT2D eigenvalue weighted by Gasteiger charge is -2.24. The van der Waals surface area contributed by atoms with E-state index >= 15 is 0 Å². The van der Waals surface area contributed by atoms with E-state index in [1.165, 1.54) is 50.2 Å². The van der Waals surface area contributed by atoms with Gasteiger partial charge in [0.05, 0.1) is 18.8 Å². The Morgan fingerprint density at radius 1 is 0.879 bits per heavy atom. The van der Waals surface area contributed by atoms with E-state index in [-0.39, 0.29) is 19.0 Å². The van der Waals surface area contributed by atoms with E-state index in [2.05, 4.69) is 0 Å². The zero-order valence-corrected chi connectivity index (χ0v) is 19.5. The third kappa shape index (κ3) is 7.77. The summed E-state index contributed by atoms with van der Waals surface area (Å²) in [5.41, 5.74) is -0.771. The fraction of sp³-hybridized carbons (Fsp3) is 0.409. The molecule has 0 bridgehead atoms. The number of hydrogen-bond acceptors (Lipinski definition) is 7. The third-order valence-electron chi connectivity index (χ3n) is 4.24. The van der Waals surface area contributed by atoms with E-state index in [4.69, 9.17) is 23.3 Å². The number of carbonyl (C=O) groups excluding carboxylic acids is 1. The van der Waals surface area contributed by atoms with E-state index in [0.29, 0.717) is 11.5 Å². The highest BCUT2D eigenvalue weighted by atomic mass is 31.2. The van der Waals surface area contributed by atoms with Crippen LogP contribution in [0.4, 0.5) is 13.2 Å². The number of ether oxygens (including phenoxy) is 3. The summed E-state index contributed by atoms with van der Waals surface area (Å²) in [7, 11) is -3.62. The van der Waals surface area contributed by atoms with Gasteiger partial charge < -0.3 is 23.3 Å². The van der Waals surface area contributed by atoms with Gasteiger partial charge >= 0.3 is 19.7 Å². The molecule has 1 unspecified atom stereocenters. The van der Waals surface area contributed by atoms with Gasteiger partial charge in [-0.05, 0) is 76.2 Å². The summed E-state index contributed by atoms with van der Waals surface area (Å²) in [4.78, 5) is 12.3. The van der Waals surface area contributed by atoms with E-state index < -0.39 is 37.3 Å². The number of rotatable bonds is 11. The molecule has 2 rings (SSSR count). The van der Waals surface area contributed by atoms with Gasteiger partial charge in [0.25, 0.3) is 0 Å². The Labute approximate surface area is 190 Å². The molecule has 2 atom stereocenters. The molecule has 0 fully saturated rings. The SMILES string of the molecule is CCOP(=O)(OCC)C(C)OC(=O)[C@@H](C)Oc1ccc(Oc2ccc(C(F)(F)F)cc2)cc1. The standard InChI is InChI=1S/C22H26F3O7P/c1-5-28-33(27,29-6-2)16(4)31-21(26)15(3)30-18-11-13-20(14-12-18)32-19-9-7-17(8-10-19)22(23,24)25/h7-16H,5-6H2,1-4H3/t15-,16?/m1/s1. The first-order chi connectivity index (χ1) is 15.5. The van der Waals surface area contributed by atoms with Crippen LogP contribution in [0, 0.1) is 0 Å². The molecule has 0 saturated carbocycles. The summed E-state index contributed by atoms with van der Waals surface area (Å²) in [5.74, 6) is -0.955. The van der Waals surface area contributed by atoms with Crippen molar-refractivity contribution in [1.29, 1.82) is 0 Å². The van der Waals surface area contributed by atoms with Crippen LogP contribution in [0.3, 0.4) is 0 Å². The average molecular weight is 490 g/mol. The first-order valence-corrected chi connectivity index (χ1v) is 11.8. The first-order valence-electron chi connectivity index (χ1n) is 10.2. The Hall–Kier alpha value is -2.55. The molecule has 0 aliphatic rings. The summed E-state index contributed by atoms with van der Waals surface area (Å²) >= 11 is 0. The highest BCUT2D eigenvalue weighted by Gasteiger charge is 2.36. The lowest BCUT2D eigenvalue weighted by Crippen LogP contribution is -2.29. The van der Waals surface area contributed by atoms with Gasteiger partial charge in [-0.1, -0.05) is 0 Å². The highest BCUT2D eigenvalue weighted by molar-refractivity contribution is 7.54. The minimum absolute atomic E-state index is 0.131. The third-order valence-corrected chi connectivity index (χ3v) is 6.47. The molecule has 33 heavy (non-hydrogen) atoms. The zero-order valence-electron chi connectivity index (χ0n) is 18.6. The normalized spacial score (nSPS) is 13.8. The van der Waals surface area contributed by atoms with Gasteiger partial charge in [0, 0.05) is 0 Å². The van der Waals surface area contributed by atoms with Crippen molar-refractivity contribution in [1.82, 2.24) is 0 Å². The average Bonchev–Trinajstić information content (AvgIpc) is 2.75. The summed E-state index contributed by atoms with van der Waals surface area (Å²) in [6.07, 6.45) is -5.44. The van der Waals surface area contributed by atoms with Crippen LogP contribution in [0.1, 0.15) is 33.3 Å². The van der Waals surface area contributed by atoms with Gasteiger partial charge in [0.2, 0.25) is 0 Å². The molecular formula is C22H26F3O7P. The second-order valence-corrected chi connectivity index (χ2v) is 9.09. The van der Waals surface area contributed by atoms with E-state index in [1.807, 2.05) is 0 Å². The maximum Gasteiger partial charge on any atom is 0.416 e. The number of halogens is 3. The van der Waals surface area contributed by atoms with Crippen LogP contribution < -0.4 is 9.47 Å². The second kappa shape index (κ2) is 11.5. The number of hydrogen-bond donors (Lipinski definition) is 0. The minimum atomic E-state index is -4.42. The van der Waals surface area contributed by atoms with Crippen molar-refractivity contribution >= 4 is 13.6 Å². The topological polar surface area (TPSA) is 80.3 Å². The first kappa shape index (κ1) is 26.7. The van der Waals surface area contributed by atoms with E-state index in [1.54, 1.807) is 13.8 Å². The predicted octanol–water partition coefficient (Wildman–Crippen LogP) is 6.42. The molecule has 182 valence electrons. The summed E-state index contributed by atoms with van der Waals surface area (Å²) in [5, 5.41) is 0. The van der Waals surface area contributed by atoms with E-state index in [9.17, 15) is 22.5 Å². The molecule has 0 aliphatic carbocycles. The monoisotopic (exact) mass is 490 g/mol. The van der Waals surface area contributed by atoms with E-state index in [0.717, 1.165) is 12.1 Å². The molecule has 0 spiro atoms. The quantitative estimate of drug-likeness (QED) is 0.266.